The van der Waals surface area contributed by atoms with Crippen LogP contribution in [0.3, 0.4) is 0 Å². The molecule has 1 atom stereocenters. The molecule has 1 aliphatic carbocycles. The molecule has 0 saturated heterocycles. The predicted molar refractivity (Wildman–Crippen MR) is 67.8 cm³/mol. The summed E-state index contributed by atoms with van der Waals surface area (Å²) in [5.41, 5.74) is 1.04. The number of alkyl halides is 3. The molecule has 1 fully saturated rings. The topological polar surface area (TPSA) is 34.1 Å². The van der Waals surface area contributed by atoms with Crippen LogP contribution in [0.5, 0.6) is 0 Å². The van der Waals surface area contributed by atoms with E-state index in [1.807, 2.05) is 0 Å². The van der Waals surface area contributed by atoms with Crippen LogP contribution in [0.4, 0.5) is 13.2 Å². The highest BCUT2D eigenvalue weighted by molar-refractivity contribution is 6.14. The number of allylic oxidation sites excluding steroid dienone is 1. The summed E-state index contributed by atoms with van der Waals surface area (Å²) < 4.78 is 37.3. The molecule has 0 aliphatic heterocycles. The van der Waals surface area contributed by atoms with Gasteiger partial charge in [-0.2, -0.15) is 13.2 Å². The second-order valence-electron chi connectivity index (χ2n) is 4.75. The maximum Gasteiger partial charge on any atom is 0.450 e. The van der Waals surface area contributed by atoms with Crippen molar-refractivity contribution >= 4 is 17.6 Å². The third-order valence-corrected chi connectivity index (χ3v) is 3.31. The number of rotatable bonds is 2. The average Bonchev–Trinajstić information content (AvgIpc) is 2.40. The number of Topliss-reactive ketones (excluding diaryl/α,β-unsaturated/α-hetero) is 2. The van der Waals surface area contributed by atoms with Gasteiger partial charge in [0, 0.05) is 0 Å². The normalized spacial score (nSPS) is 22.1. The van der Waals surface area contributed by atoms with Crippen molar-refractivity contribution in [2.75, 3.05) is 0 Å². The van der Waals surface area contributed by atoms with E-state index in [1.54, 1.807) is 36.4 Å². The van der Waals surface area contributed by atoms with Crippen LogP contribution in [0.25, 0.3) is 6.08 Å². The van der Waals surface area contributed by atoms with Crippen molar-refractivity contribution in [2.45, 2.75) is 25.4 Å². The molecule has 0 heterocycles. The second kappa shape index (κ2) is 5.61. The van der Waals surface area contributed by atoms with Crippen LogP contribution in [0, 0.1) is 5.92 Å². The van der Waals surface area contributed by atoms with Gasteiger partial charge in [-0.15, -0.1) is 0 Å². The summed E-state index contributed by atoms with van der Waals surface area (Å²) in [6, 6.07) is 8.88. The standard InChI is InChI=1S/C15H13F3O2/c16-15(17,18)14(20)12-8-4-7-11(13(12)19)9-10-5-2-1-3-6-10/h1-3,5-6,9,12H,4,7-8H2/b11-9+/t12-/m0/s1. The van der Waals surface area contributed by atoms with Crippen LogP contribution in [0.1, 0.15) is 24.8 Å². The lowest BCUT2D eigenvalue weighted by Gasteiger charge is -2.22. The Bertz CT molecular complexity index is 544. The highest BCUT2D eigenvalue weighted by Gasteiger charge is 2.47. The Labute approximate surface area is 114 Å². The van der Waals surface area contributed by atoms with Crippen LogP contribution >= 0.6 is 0 Å². The molecule has 5 heteroatoms. The maximum atomic E-state index is 12.4. The van der Waals surface area contributed by atoms with Crippen LogP contribution < -0.4 is 0 Å². The molecule has 1 aromatic carbocycles. The van der Waals surface area contributed by atoms with Crippen LogP contribution in [0.15, 0.2) is 35.9 Å². The Kier molecular flexibility index (Phi) is 4.06. The van der Waals surface area contributed by atoms with Crippen molar-refractivity contribution in [1.82, 2.24) is 0 Å². The summed E-state index contributed by atoms with van der Waals surface area (Å²) in [5, 5.41) is 0. The summed E-state index contributed by atoms with van der Waals surface area (Å²) in [6.07, 6.45) is -2.58. The zero-order valence-corrected chi connectivity index (χ0v) is 10.6. The van der Waals surface area contributed by atoms with E-state index in [4.69, 9.17) is 0 Å². The molecule has 1 aromatic rings. The quantitative estimate of drug-likeness (QED) is 0.614. The fourth-order valence-corrected chi connectivity index (χ4v) is 2.32. The highest BCUT2D eigenvalue weighted by atomic mass is 19.4. The van der Waals surface area contributed by atoms with Gasteiger partial charge < -0.3 is 0 Å². The van der Waals surface area contributed by atoms with Crippen molar-refractivity contribution in [3.8, 4) is 0 Å². The third-order valence-electron chi connectivity index (χ3n) is 3.31. The number of ketones is 2. The van der Waals surface area contributed by atoms with E-state index in [0.717, 1.165) is 5.56 Å². The minimum atomic E-state index is -4.95. The summed E-state index contributed by atoms with van der Waals surface area (Å²) in [6.45, 7) is 0. The van der Waals surface area contributed by atoms with E-state index in [9.17, 15) is 22.8 Å². The molecule has 20 heavy (non-hydrogen) atoms. The van der Waals surface area contributed by atoms with Gasteiger partial charge in [0.1, 0.15) is 0 Å². The van der Waals surface area contributed by atoms with E-state index >= 15 is 0 Å². The molecule has 2 nitrogen and oxygen atoms in total. The lowest BCUT2D eigenvalue weighted by atomic mass is 9.81. The first-order chi connectivity index (χ1) is 9.39. The number of hydrogen-bond acceptors (Lipinski definition) is 2. The van der Waals surface area contributed by atoms with Crippen LogP contribution in [-0.2, 0) is 9.59 Å². The zero-order chi connectivity index (χ0) is 14.8. The first-order valence-corrected chi connectivity index (χ1v) is 6.30. The minimum Gasteiger partial charge on any atom is -0.294 e. The Hall–Kier alpha value is -1.91. The first kappa shape index (κ1) is 14.5. The summed E-state index contributed by atoms with van der Waals surface area (Å²) in [5.74, 6) is -4.19. The van der Waals surface area contributed by atoms with Crippen molar-refractivity contribution in [3.05, 3.63) is 41.5 Å². The van der Waals surface area contributed by atoms with Crippen molar-refractivity contribution in [3.63, 3.8) is 0 Å². The lowest BCUT2D eigenvalue weighted by Crippen LogP contribution is -2.37. The Morgan fingerprint density at radius 1 is 1.20 bits per heavy atom. The number of halogens is 3. The van der Waals surface area contributed by atoms with E-state index < -0.39 is 23.7 Å². The highest BCUT2D eigenvalue weighted by Crippen LogP contribution is 2.32. The van der Waals surface area contributed by atoms with Crippen molar-refractivity contribution in [1.29, 1.82) is 0 Å². The molecule has 0 radical (unpaired) electrons. The van der Waals surface area contributed by atoms with Gasteiger partial charge in [0.2, 0.25) is 5.78 Å². The first-order valence-electron chi connectivity index (χ1n) is 6.30. The smallest absolute Gasteiger partial charge is 0.294 e. The largest absolute Gasteiger partial charge is 0.450 e. The molecular weight excluding hydrogens is 269 g/mol. The number of carbonyl (C=O) groups excluding carboxylic acids is 2. The van der Waals surface area contributed by atoms with E-state index in [1.165, 1.54) is 0 Å². The van der Waals surface area contributed by atoms with Gasteiger partial charge in [0.15, 0.2) is 5.78 Å². The molecule has 0 N–H and O–H groups in total. The van der Waals surface area contributed by atoms with Gasteiger partial charge >= 0.3 is 6.18 Å². The van der Waals surface area contributed by atoms with E-state index in [0.29, 0.717) is 18.4 Å². The van der Waals surface area contributed by atoms with E-state index in [2.05, 4.69) is 0 Å². The summed E-state index contributed by atoms with van der Waals surface area (Å²) in [4.78, 5) is 23.3. The maximum absolute atomic E-state index is 12.4. The third kappa shape index (κ3) is 3.15. The van der Waals surface area contributed by atoms with Gasteiger partial charge in [-0.25, -0.2) is 0 Å². The molecule has 1 aliphatic rings. The summed E-state index contributed by atoms with van der Waals surface area (Å²) in [7, 11) is 0. The SMILES string of the molecule is O=C1/C(=C/c2ccccc2)CCC[C@@H]1C(=O)C(F)(F)F. The Morgan fingerprint density at radius 3 is 2.45 bits per heavy atom. The molecule has 106 valence electrons. The number of hydrogen-bond donors (Lipinski definition) is 0. The molecule has 2 rings (SSSR count). The monoisotopic (exact) mass is 282 g/mol. The molecule has 0 spiro atoms. The fourth-order valence-electron chi connectivity index (χ4n) is 2.32. The Morgan fingerprint density at radius 2 is 1.85 bits per heavy atom. The van der Waals surface area contributed by atoms with Gasteiger partial charge in [0.05, 0.1) is 5.92 Å². The van der Waals surface area contributed by atoms with Crippen LogP contribution in [-0.4, -0.2) is 17.7 Å². The Balaban J connectivity index is 2.24. The van der Waals surface area contributed by atoms with Crippen molar-refractivity contribution in [2.24, 2.45) is 5.92 Å². The molecule has 1 saturated carbocycles. The number of carbonyl (C=O) groups is 2. The molecule has 0 aromatic heterocycles. The lowest BCUT2D eigenvalue weighted by molar-refractivity contribution is -0.176. The molecule has 0 bridgehead atoms. The van der Waals surface area contributed by atoms with Gasteiger partial charge in [-0.1, -0.05) is 30.3 Å². The van der Waals surface area contributed by atoms with Gasteiger partial charge in [-0.3, -0.25) is 9.59 Å². The average molecular weight is 282 g/mol. The van der Waals surface area contributed by atoms with Gasteiger partial charge in [-0.05, 0) is 36.5 Å². The predicted octanol–water partition coefficient (Wildman–Crippen LogP) is 3.57. The van der Waals surface area contributed by atoms with Gasteiger partial charge in [0.25, 0.3) is 0 Å². The van der Waals surface area contributed by atoms with E-state index in [-0.39, 0.29) is 6.42 Å². The minimum absolute atomic E-state index is 0.0245. The zero-order valence-electron chi connectivity index (χ0n) is 10.6. The fraction of sp³-hybridized carbons (Fsp3) is 0.333. The molecular formula is C15H13F3O2. The molecule has 0 amide bonds. The van der Waals surface area contributed by atoms with Crippen LogP contribution in [0.2, 0.25) is 0 Å². The number of benzene rings is 1. The summed E-state index contributed by atoms with van der Waals surface area (Å²) >= 11 is 0. The second-order valence-corrected chi connectivity index (χ2v) is 4.75. The molecule has 0 unspecified atom stereocenters. The van der Waals surface area contributed by atoms with Crippen molar-refractivity contribution < 1.29 is 22.8 Å².